The first-order valence-corrected chi connectivity index (χ1v) is 8.93. The van der Waals surface area contributed by atoms with Crippen molar-refractivity contribution in [2.75, 3.05) is 0 Å². The van der Waals surface area contributed by atoms with Crippen LogP contribution in [0.2, 0.25) is 0 Å². The minimum atomic E-state index is -0.594. The van der Waals surface area contributed by atoms with E-state index >= 15 is 0 Å². The molecule has 2 aromatic carbocycles. The lowest BCUT2D eigenvalue weighted by Crippen LogP contribution is -2.15. The van der Waals surface area contributed by atoms with Crippen LogP contribution in [0, 0.1) is 32.6 Å². The normalized spacial score (nSPS) is 11.6. The first kappa shape index (κ1) is 19.7. The van der Waals surface area contributed by atoms with E-state index in [4.69, 9.17) is 6.42 Å². The van der Waals surface area contributed by atoms with Gasteiger partial charge in [-0.2, -0.15) is 4.99 Å². The Balaban J connectivity index is 1.98. The summed E-state index contributed by atoms with van der Waals surface area (Å²) in [6.45, 7) is 0.137. The average Bonchev–Trinajstić information content (AvgIpc) is 3.03. The van der Waals surface area contributed by atoms with E-state index in [9.17, 15) is 25.0 Å². The Bertz CT molecular complexity index is 1280. The van der Waals surface area contributed by atoms with Crippen molar-refractivity contribution in [3.05, 3.63) is 79.1 Å². The molecule has 9 nitrogen and oxygen atoms in total. The number of terminal acetylenes is 1. The van der Waals surface area contributed by atoms with Crippen molar-refractivity contribution >= 4 is 44.9 Å². The molecule has 0 radical (unpaired) electrons. The lowest BCUT2D eigenvalue weighted by Gasteiger charge is -1.99. The standard InChI is InChI=1S/C19H12N4O5S/c1-2-10-21-16-8-7-15(23(27)28)12-17(16)29-19(21)20-18(24)9-6-13-4-3-5-14(11-13)22(25)26/h1,3-9,11-12H,10H2. The second kappa shape index (κ2) is 8.28. The Morgan fingerprint density at radius 3 is 2.59 bits per heavy atom. The van der Waals surface area contributed by atoms with E-state index in [-0.39, 0.29) is 17.9 Å². The summed E-state index contributed by atoms with van der Waals surface area (Å²) in [7, 11) is 0. The SMILES string of the molecule is C#CCn1c(=NC(=O)C=Cc2cccc([N+](=O)[O-])c2)sc2cc([N+](=O)[O-])ccc21. The van der Waals surface area contributed by atoms with Gasteiger partial charge in [-0.05, 0) is 17.7 Å². The highest BCUT2D eigenvalue weighted by molar-refractivity contribution is 7.16. The number of fused-ring (bicyclic) bond motifs is 1. The predicted octanol–water partition coefficient (Wildman–Crippen LogP) is 3.29. The molecule has 0 unspecified atom stereocenters. The van der Waals surface area contributed by atoms with E-state index in [1.807, 2.05) is 0 Å². The van der Waals surface area contributed by atoms with Gasteiger partial charge in [-0.15, -0.1) is 6.42 Å². The number of nitro benzene ring substituents is 2. The zero-order valence-corrected chi connectivity index (χ0v) is 15.5. The fourth-order valence-electron chi connectivity index (χ4n) is 2.55. The van der Waals surface area contributed by atoms with Crippen LogP contribution < -0.4 is 4.80 Å². The van der Waals surface area contributed by atoms with Gasteiger partial charge in [0, 0.05) is 30.3 Å². The number of carbonyl (C=O) groups excluding carboxylic acids is 1. The fraction of sp³-hybridized carbons (Fsp3) is 0.0526. The molecule has 29 heavy (non-hydrogen) atoms. The van der Waals surface area contributed by atoms with Crippen molar-refractivity contribution in [3.63, 3.8) is 0 Å². The van der Waals surface area contributed by atoms with Crippen molar-refractivity contribution in [3.8, 4) is 12.3 Å². The molecule has 0 aliphatic carbocycles. The van der Waals surface area contributed by atoms with Crippen molar-refractivity contribution < 1.29 is 14.6 Å². The summed E-state index contributed by atoms with van der Waals surface area (Å²) in [5.74, 6) is 1.88. The van der Waals surface area contributed by atoms with Crippen molar-refractivity contribution in [1.29, 1.82) is 0 Å². The summed E-state index contributed by atoms with van der Waals surface area (Å²) in [4.78, 5) is 37.3. The third-order valence-corrected chi connectivity index (χ3v) is 4.87. The highest BCUT2D eigenvalue weighted by atomic mass is 32.1. The number of hydrogen-bond acceptors (Lipinski definition) is 6. The number of non-ortho nitro benzene ring substituents is 2. The zero-order chi connectivity index (χ0) is 21.0. The van der Waals surface area contributed by atoms with Gasteiger partial charge >= 0.3 is 0 Å². The summed E-state index contributed by atoms with van der Waals surface area (Å²) in [6.07, 6.45) is 8.00. The molecule has 0 saturated heterocycles. The molecule has 0 aliphatic heterocycles. The van der Waals surface area contributed by atoms with Crippen LogP contribution in [-0.2, 0) is 11.3 Å². The highest BCUT2D eigenvalue weighted by Crippen LogP contribution is 2.23. The third kappa shape index (κ3) is 4.42. The van der Waals surface area contributed by atoms with Gasteiger partial charge in [0.1, 0.15) is 0 Å². The maximum absolute atomic E-state index is 12.3. The Morgan fingerprint density at radius 1 is 1.17 bits per heavy atom. The minimum absolute atomic E-state index is 0.0740. The molecule has 3 rings (SSSR count). The van der Waals surface area contributed by atoms with Crippen LogP contribution in [0.15, 0.2) is 53.5 Å². The number of carbonyl (C=O) groups is 1. The van der Waals surface area contributed by atoms with Crippen molar-refractivity contribution in [2.45, 2.75) is 6.54 Å². The Labute approximate surface area is 167 Å². The van der Waals surface area contributed by atoms with Gasteiger partial charge in [0.25, 0.3) is 17.3 Å². The molecule has 144 valence electrons. The van der Waals surface area contributed by atoms with Crippen LogP contribution in [0.25, 0.3) is 16.3 Å². The van der Waals surface area contributed by atoms with E-state index in [0.717, 1.165) is 11.3 Å². The molecule has 10 heteroatoms. The van der Waals surface area contributed by atoms with E-state index < -0.39 is 15.8 Å². The van der Waals surface area contributed by atoms with Crippen LogP contribution in [0.1, 0.15) is 5.56 Å². The number of nitro groups is 2. The molecular formula is C19H12N4O5S. The Hall–Kier alpha value is -4.10. The molecule has 0 atom stereocenters. The van der Waals surface area contributed by atoms with Gasteiger partial charge in [-0.25, -0.2) is 0 Å². The lowest BCUT2D eigenvalue weighted by atomic mass is 10.2. The Morgan fingerprint density at radius 2 is 1.90 bits per heavy atom. The number of amides is 1. The van der Waals surface area contributed by atoms with E-state index in [0.29, 0.717) is 20.6 Å². The molecule has 0 bridgehead atoms. The van der Waals surface area contributed by atoms with Gasteiger partial charge < -0.3 is 4.57 Å². The summed E-state index contributed by atoms with van der Waals surface area (Å²) in [5, 5.41) is 21.8. The summed E-state index contributed by atoms with van der Waals surface area (Å²) < 4.78 is 2.19. The van der Waals surface area contributed by atoms with E-state index in [1.54, 1.807) is 16.7 Å². The molecule has 0 spiro atoms. The zero-order valence-electron chi connectivity index (χ0n) is 14.7. The predicted molar refractivity (Wildman–Crippen MR) is 108 cm³/mol. The van der Waals surface area contributed by atoms with Crippen LogP contribution >= 0.6 is 11.3 Å². The monoisotopic (exact) mass is 408 g/mol. The minimum Gasteiger partial charge on any atom is -0.305 e. The van der Waals surface area contributed by atoms with Gasteiger partial charge in [0.15, 0.2) is 4.80 Å². The lowest BCUT2D eigenvalue weighted by molar-refractivity contribution is -0.385. The van der Waals surface area contributed by atoms with Crippen LogP contribution in [-0.4, -0.2) is 20.3 Å². The maximum Gasteiger partial charge on any atom is 0.272 e. The summed E-state index contributed by atoms with van der Waals surface area (Å²) in [6, 6.07) is 10.1. The summed E-state index contributed by atoms with van der Waals surface area (Å²) >= 11 is 1.10. The van der Waals surface area contributed by atoms with Gasteiger partial charge in [-0.1, -0.05) is 29.4 Å². The average molecular weight is 408 g/mol. The van der Waals surface area contributed by atoms with Crippen LogP contribution in [0.3, 0.4) is 0 Å². The molecule has 1 heterocycles. The Kier molecular flexibility index (Phi) is 5.61. The molecule has 0 N–H and O–H groups in total. The quantitative estimate of drug-likeness (QED) is 0.278. The second-order valence-corrected chi connectivity index (χ2v) is 6.73. The van der Waals surface area contributed by atoms with Crippen molar-refractivity contribution in [1.82, 2.24) is 4.57 Å². The van der Waals surface area contributed by atoms with Crippen LogP contribution in [0.5, 0.6) is 0 Å². The summed E-state index contributed by atoms with van der Waals surface area (Å²) in [5.41, 5.74) is 0.948. The largest absolute Gasteiger partial charge is 0.305 e. The number of aromatic nitrogens is 1. The smallest absolute Gasteiger partial charge is 0.272 e. The topological polar surface area (TPSA) is 121 Å². The molecular weight excluding hydrogens is 396 g/mol. The molecule has 1 aromatic heterocycles. The van der Waals surface area contributed by atoms with Gasteiger partial charge in [-0.3, -0.25) is 25.0 Å². The molecule has 0 fully saturated rings. The maximum atomic E-state index is 12.3. The number of hydrogen-bond donors (Lipinski definition) is 0. The number of benzene rings is 2. The van der Waals surface area contributed by atoms with Crippen LogP contribution in [0.4, 0.5) is 11.4 Å². The molecule has 0 aliphatic rings. The third-order valence-electron chi connectivity index (χ3n) is 3.83. The molecule has 3 aromatic rings. The first-order chi connectivity index (χ1) is 13.9. The van der Waals surface area contributed by atoms with E-state index in [2.05, 4.69) is 10.9 Å². The fourth-order valence-corrected chi connectivity index (χ4v) is 3.61. The van der Waals surface area contributed by atoms with Crippen molar-refractivity contribution in [2.24, 2.45) is 4.99 Å². The molecule has 0 saturated carbocycles. The number of nitrogens with zero attached hydrogens (tertiary/aromatic N) is 4. The second-order valence-electron chi connectivity index (χ2n) is 5.72. The van der Waals surface area contributed by atoms with Gasteiger partial charge in [0.05, 0.1) is 26.6 Å². The highest BCUT2D eigenvalue weighted by Gasteiger charge is 2.12. The number of thiazole rings is 1. The molecule has 1 amide bonds. The number of rotatable bonds is 5. The first-order valence-electron chi connectivity index (χ1n) is 8.11. The van der Waals surface area contributed by atoms with E-state index in [1.165, 1.54) is 42.5 Å². The van der Waals surface area contributed by atoms with Gasteiger partial charge in [0.2, 0.25) is 0 Å².